The second-order valence-electron chi connectivity index (χ2n) is 23.3. The van der Waals surface area contributed by atoms with Gasteiger partial charge in [0, 0.05) is 25.7 Å². The van der Waals surface area contributed by atoms with E-state index in [0.717, 1.165) is 108 Å². The molecule has 0 fully saturated rings. The van der Waals surface area contributed by atoms with Crippen LogP contribution in [-0.2, 0) is 65.4 Å². The van der Waals surface area contributed by atoms with Crippen LogP contribution in [-0.4, -0.2) is 96.7 Å². The van der Waals surface area contributed by atoms with E-state index in [0.29, 0.717) is 25.7 Å². The highest BCUT2D eigenvalue weighted by Crippen LogP contribution is 2.45. The molecule has 0 aromatic heterocycles. The molecule has 3 N–H and O–H groups in total. The zero-order chi connectivity index (χ0) is 60.8. The summed E-state index contributed by atoms with van der Waals surface area (Å²) in [6, 6.07) is 0. The summed E-state index contributed by atoms with van der Waals surface area (Å²) >= 11 is 0. The minimum atomic E-state index is -4.94. The predicted octanol–water partition coefficient (Wildman–Crippen LogP) is 17.3. The van der Waals surface area contributed by atoms with Crippen molar-refractivity contribution in [3.8, 4) is 0 Å². The van der Waals surface area contributed by atoms with Crippen molar-refractivity contribution in [1.29, 1.82) is 0 Å². The number of phosphoric ester groups is 2. The van der Waals surface area contributed by atoms with Gasteiger partial charge >= 0.3 is 39.5 Å². The lowest BCUT2D eigenvalue weighted by molar-refractivity contribution is -0.161. The van der Waals surface area contributed by atoms with Gasteiger partial charge in [-0.15, -0.1) is 0 Å². The highest BCUT2D eigenvalue weighted by molar-refractivity contribution is 7.47. The summed E-state index contributed by atoms with van der Waals surface area (Å²) < 4.78 is 67.9. The lowest BCUT2D eigenvalue weighted by atomic mass is 10.00. The molecule has 0 aliphatic heterocycles. The van der Waals surface area contributed by atoms with E-state index in [1.165, 1.54) is 122 Å². The SMILES string of the molecule is CCCCCCCCCCCCCCCC(=O)O[C@H](COC(=O)CCCCCCCCC(C)CC)COP(=O)(O)OC[C@@H](O)COP(=O)(O)OC[C@@H](COC(=O)CCCCCCCCCCC)OC(=O)CCCCCCCCC(C)CC. The minimum absolute atomic E-state index is 0.103. The molecule has 0 rings (SSSR count). The van der Waals surface area contributed by atoms with Crippen LogP contribution in [0.4, 0.5) is 0 Å². The van der Waals surface area contributed by atoms with Gasteiger partial charge in [0.15, 0.2) is 12.2 Å². The Labute approximate surface area is 498 Å². The molecule has 0 aromatic carbocycles. The normalized spacial score (nSPS) is 15.0. The quantitative estimate of drug-likeness (QED) is 0.0222. The number of hydrogen-bond donors (Lipinski definition) is 3. The fraction of sp³-hybridized carbons (Fsp3) is 0.937. The van der Waals surface area contributed by atoms with Gasteiger partial charge < -0.3 is 33.8 Å². The molecule has 0 spiro atoms. The summed E-state index contributed by atoms with van der Waals surface area (Å²) in [5.41, 5.74) is 0. The third-order valence-electron chi connectivity index (χ3n) is 15.2. The van der Waals surface area contributed by atoms with E-state index < -0.39 is 97.5 Å². The van der Waals surface area contributed by atoms with Gasteiger partial charge in [-0.2, -0.15) is 0 Å². The monoisotopic (exact) mass is 1210 g/mol. The van der Waals surface area contributed by atoms with Crippen molar-refractivity contribution in [2.24, 2.45) is 11.8 Å². The molecular weight excluding hydrogens is 1090 g/mol. The Morgan fingerprint density at radius 2 is 0.585 bits per heavy atom. The van der Waals surface area contributed by atoms with Crippen LogP contribution in [0.15, 0.2) is 0 Å². The van der Waals surface area contributed by atoms with Crippen LogP contribution >= 0.6 is 15.6 Å². The van der Waals surface area contributed by atoms with E-state index in [1.54, 1.807) is 0 Å². The number of phosphoric acid groups is 2. The summed E-state index contributed by atoms with van der Waals surface area (Å²) in [4.78, 5) is 72.1. The molecule has 0 saturated carbocycles. The highest BCUT2D eigenvalue weighted by atomic mass is 31.2. The molecule has 0 aromatic rings. The summed E-state index contributed by atoms with van der Waals surface area (Å²) in [5.74, 6) is -0.687. The van der Waals surface area contributed by atoms with E-state index in [9.17, 15) is 43.2 Å². The maximum absolute atomic E-state index is 13.0. The molecule has 0 amide bonds. The van der Waals surface area contributed by atoms with Crippen LogP contribution in [0.25, 0.3) is 0 Å². The van der Waals surface area contributed by atoms with Gasteiger partial charge in [0.05, 0.1) is 26.4 Å². The molecule has 19 heteroatoms. The Kier molecular flexibility index (Phi) is 54.3. The number of carbonyl (C=O) groups excluding carboxylic acids is 4. The van der Waals surface area contributed by atoms with Crippen LogP contribution in [0.3, 0.4) is 0 Å². The van der Waals surface area contributed by atoms with Crippen LogP contribution in [0.1, 0.15) is 311 Å². The molecule has 0 radical (unpaired) electrons. The van der Waals surface area contributed by atoms with Gasteiger partial charge in [0.25, 0.3) is 0 Å². The Morgan fingerprint density at radius 3 is 0.866 bits per heavy atom. The van der Waals surface area contributed by atoms with Crippen LogP contribution < -0.4 is 0 Å². The van der Waals surface area contributed by atoms with Crippen molar-refractivity contribution in [2.45, 2.75) is 330 Å². The zero-order valence-electron chi connectivity index (χ0n) is 52.8. The molecule has 0 saturated heterocycles. The number of carbonyl (C=O) groups is 4. The van der Waals surface area contributed by atoms with E-state index in [1.807, 2.05) is 0 Å². The number of hydrogen-bond acceptors (Lipinski definition) is 15. The summed E-state index contributed by atoms with van der Waals surface area (Å²) in [5, 5.41) is 10.5. The fourth-order valence-corrected chi connectivity index (χ4v) is 10.9. The first-order chi connectivity index (χ1) is 39.4. The molecule has 4 unspecified atom stereocenters. The van der Waals surface area contributed by atoms with Crippen LogP contribution in [0.5, 0.6) is 0 Å². The van der Waals surface area contributed by atoms with E-state index in [-0.39, 0.29) is 25.7 Å². The molecule has 0 aliphatic carbocycles. The smallest absolute Gasteiger partial charge is 0.462 e. The fourth-order valence-electron chi connectivity index (χ4n) is 9.29. The van der Waals surface area contributed by atoms with Crippen molar-refractivity contribution in [1.82, 2.24) is 0 Å². The Balaban J connectivity index is 5.25. The van der Waals surface area contributed by atoms with Gasteiger partial charge in [0.2, 0.25) is 0 Å². The molecule has 82 heavy (non-hydrogen) atoms. The van der Waals surface area contributed by atoms with Gasteiger partial charge in [-0.25, -0.2) is 9.13 Å². The van der Waals surface area contributed by atoms with Crippen molar-refractivity contribution in [2.75, 3.05) is 39.6 Å². The van der Waals surface area contributed by atoms with Gasteiger partial charge in [-0.1, -0.05) is 260 Å². The third-order valence-corrected chi connectivity index (χ3v) is 17.1. The number of aliphatic hydroxyl groups is 1. The maximum atomic E-state index is 13.0. The van der Waals surface area contributed by atoms with Gasteiger partial charge in [0.1, 0.15) is 19.3 Å². The Morgan fingerprint density at radius 1 is 0.341 bits per heavy atom. The highest BCUT2D eigenvalue weighted by Gasteiger charge is 2.30. The van der Waals surface area contributed by atoms with Gasteiger partial charge in [-0.05, 0) is 37.5 Å². The molecule has 0 heterocycles. The van der Waals surface area contributed by atoms with Crippen molar-refractivity contribution in [3.05, 3.63) is 0 Å². The molecule has 0 bridgehead atoms. The first-order valence-corrected chi connectivity index (χ1v) is 36.1. The lowest BCUT2D eigenvalue weighted by Gasteiger charge is -2.21. The summed E-state index contributed by atoms with van der Waals surface area (Å²) in [7, 11) is -9.88. The third kappa shape index (κ3) is 54.7. The number of esters is 4. The number of ether oxygens (including phenoxy) is 4. The van der Waals surface area contributed by atoms with E-state index in [2.05, 4.69) is 41.5 Å². The van der Waals surface area contributed by atoms with Crippen molar-refractivity contribution in [3.63, 3.8) is 0 Å². The molecule has 0 aliphatic rings. The Hall–Kier alpha value is -1.94. The largest absolute Gasteiger partial charge is 0.472 e. The molecule has 486 valence electrons. The number of unbranched alkanes of at least 4 members (excludes halogenated alkanes) is 30. The zero-order valence-corrected chi connectivity index (χ0v) is 54.6. The van der Waals surface area contributed by atoms with Crippen molar-refractivity contribution < 1.29 is 80.2 Å². The topological polar surface area (TPSA) is 237 Å². The molecular formula is C63H122O17P2. The van der Waals surface area contributed by atoms with Crippen LogP contribution in [0.2, 0.25) is 0 Å². The number of rotatable bonds is 62. The predicted molar refractivity (Wildman–Crippen MR) is 326 cm³/mol. The summed E-state index contributed by atoms with van der Waals surface area (Å²) in [6.45, 7) is 9.39. The second-order valence-corrected chi connectivity index (χ2v) is 26.2. The van der Waals surface area contributed by atoms with Crippen LogP contribution in [0, 0.1) is 11.8 Å². The lowest BCUT2D eigenvalue weighted by Crippen LogP contribution is -2.30. The average Bonchev–Trinajstić information content (AvgIpc) is 3.45. The molecule has 17 nitrogen and oxygen atoms in total. The minimum Gasteiger partial charge on any atom is -0.462 e. The molecule has 7 atom stereocenters. The van der Waals surface area contributed by atoms with Crippen molar-refractivity contribution >= 4 is 39.5 Å². The standard InChI is InChI=1S/C63H122O17P2/c1-7-11-13-15-17-19-20-21-22-24-26-35-41-47-62(67)79-58(52-74-61(66)46-40-34-29-27-31-37-43-55(5)9-3)53-77-81(69,70)75-49-57(64)50-76-82(71,72)78-54-59(51-73-60(65)45-39-33-25-23-18-16-14-12-8-2)80-63(68)48-42-36-30-28-32-38-44-56(6)10-4/h55-59,64H,7-54H2,1-6H3,(H,69,70)(H,71,72)/t55?,56?,57-,58-,59-/m1/s1. The number of aliphatic hydroxyl groups excluding tert-OH is 1. The summed E-state index contributed by atoms with van der Waals surface area (Å²) in [6.07, 6.45) is 37.6. The van der Waals surface area contributed by atoms with Gasteiger partial charge in [-0.3, -0.25) is 37.3 Å². The van der Waals surface area contributed by atoms with E-state index >= 15 is 0 Å². The Bertz CT molecular complexity index is 1620. The first kappa shape index (κ1) is 80.1. The average molecular weight is 1210 g/mol. The first-order valence-electron chi connectivity index (χ1n) is 33.1. The maximum Gasteiger partial charge on any atom is 0.472 e. The second kappa shape index (κ2) is 55.6. The van der Waals surface area contributed by atoms with E-state index in [4.69, 9.17) is 37.0 Å².